The lowest BCUT2D eigenvalue weighted by atomic mass is 10.1. The molecule has 9 heteroatoms. The summed E-state index contributed by atoms with van der Waals surface area (Å²) in [5.41, 5.74) is 0. The summed E-state index contributed by atoms with van der Waals surface area (Å²) in [6.45, 7) is 2.79. The van der Waals surface area contributed by atoms with Gasteiger partial charge in [0.15, 0.2) is 0 Å². The van der Waals surface area contributed by atoms with Crippen LogP contribution in [0.4, 0.5) is 0 Å². The quantitative estimate of drug-likeness (QED) is 0.617. The number of carbonyl (C=O) groups is 2. The average molecular weight is 333 g/mol. The number of hydrogen-bond donors (Lipinski definition) is 0. The number of methoxy groups -OCH3 is 1. The van der Waals surface area contributed by atoms with Crippen molar-refractivity contribution in [2.45, 2.75) is 6.42 Å². The van der Waals surface area contributed by atoms with Crippen LogP contribution >= 0.6 is 0 Å². The van der Waals surface area contributed by atoms with E-state index in [4.69, 9.17) is 4.74 Å². The molecule has 0 bridgehead atoms. The minimum absolute atomic E-state index is 0.0230. The van der Waals surface area contributed by atoms with E-state index in [1.165, 1.54) is 10.6 Å². The minimum Gasteiger partial charge on any atom is -0.383 e. The maximum absolute atomic E-state index is 12.5. The second kappa shape index (κ2) is 6.93. The van der Waals surface area contributed by atoms with Gasteiger partial charge in [-0.3, -0.25) is 9.59 Å². The maximum Gasteiger partial charge on any atom is 0.228 e. The zero-order chi connectivity index (χ0) is 16.3. The molecule has 2 aliphatic rings. The molecule has 2 amide bonds. The predicted molar refractivity (Wildman–Crippen MR) is 79.6 cm³/mol. The number of rotatable bonds is 5. The summed E-state index contributed by atoms with van der Waals surface area (Å²) in [5.74, 6) is -0.402. The van der Waals surface area contributed by atoms with Crippen LogP contribution in [0.3, 0.4) is 0 Å². The van der Waals surface area contributed by atoms with Crippen molar-refractivity contribution in [1.82, 2.24) is 14.1 Å². The second-order valence-corrected chi connectivity index (χ2v) is 7.70. The van der Waals surface area contributed by atoms with E-state index in [1.807, 2.05) is 0 Å². The normalized spacial score (nSPS) is 24.1. The molecule has 0 aromatic heterocycles. The molecule has 22 heavy (non-hydrogen) atoms. The van der Waals surface area contributed by atoms with E-state index < -0.39 is 10.0 Å². The van der Waals surface area contributed by atoms with Crippen molar-refractivity contribution in [2.24, 2.45) is 5.92 Å². The van der Waals surface area contributed by atoms with Gasteiger partial charge in [-0.2, -0.15) is 4.31 Å². The van der Waals surface area contributed by atoms with Gasteiger partial charge in [-0.05, 0) is 0 Å². The molecule has 0 spiro atoms. The van der Waals surface area contributed by atoms with Crippen molar-refractivity contribution in [3.05, 3.63) is 0 Å². The van der Waals surface area contributed by atoms with Crippen LogP contribution in [0.15, 0.2) is 0 Å². The highest BCUT2D eigenvalue weighted by Gasteiger charge is 2.37. The predicted octanol–water partition coefficient (Wildman–Crippen LogP) is -1.41. The molecule has 0 aromatic carbocycles. The summed E-state index contributed by atoms with van der Waals surface area (Å²) in [7, 11) is -1.63. The number of ether oxygens (including phenoxy) is 1. The van der Waals surface area contributed by atoms with E-state index in [0.29, 0.717) is 45.9 Å². The minimum atomic E-state index is -3.20. The first-order valence-electron chi connectivity index (χ1n) is 7.33. The summed E-state index contributed by atoms with van der Waals surface area (Å²) in [5, 5.41) is 0. The number of likely N-dealkylation sites (tertiary alicyclic amines) is 1. The first-order valence-corrected chi connectivity index (χ1v) is 9.18. The number of hydrogen-bond acceptors (Lipinski definition) is 5. The van der Waals surface area contributed by atoms with Crippen LogP contribution in [-0.4, -0.2) is 93.6 Å². The number of sulfonamides is 1. The van der Waals surface area contributed by atoms with Crippen molar-refractivity contribution >= 4 is 21.8 Å². The smallest absolute Gasteiger partial charge is 0.228 e. The van der Waals surface area contributed by atoms with Crippen molar-refractivity contribution in [1.29, 1.82) is 0 Å². The van der Waals surface area contributed by atoms with E-state index in [9.17, 15) is 18.0 Å². The molecule has 8 nitrogen and oxygen atoms in total. The monoisotopic (exact) mass is 333 g/mol. The molecule has 0 aliphatic carbocycles. The first kappa shape index (κ1) is 17.2. The Morgan fingerprint density at radius 2 is 1.91 bits per heavy atom. The van der Waals surface area contributed by atoms with E-state index in [0.717, 1.165) is 0 Å². The fourth-order valence-electron chi connectivity index (χ4n) is 2.85. The summed E-state index contributed by atoms with van der Waals surface area (Å²) >= 11 is 0. The molecule has 1 atom stereocenters. The zero-order valence-corrected chi connectivity index (χ0v) is 13.8. The first-order chi connectivity index (χ1) is 10.3. The molecule has 126 valence electrons. The second-order valence-electron chi connectivity index (χ2n) is 5.72. The van der Waals surface area contributed by atoms with Crippen LogP contribution in [-0.2, 0) is 24.3 Å². The van der Waals surface area contributed by atoms with Crippen molar-refractivity contribution in [3.8, 4) is 0 Å². The van der Waals surface area contributed by atoms with Crippen molar-refractivity contribution in [3.63, 3.8) is 0 Å². The third-order valence-corrected chi connectivity index (χ3v) is 5.45. The lowest BCUT2D eigenvalue weighted by Gasteiger charge is -2.34. The fraction of sp³-hybridized carbons (Fsp3) is 0.846. The molecule has 0 aromatic rings. The number of amides is 2. The Hall–Kier alpha value is -1.19. The van der Waals surface area contributed by atoms with Crippen LogP contribution < -0.4 is 0 Å². The van der Waals surface area contributed by atoms with Gasteiger partial charge in [-0.25, -0.2) is 8.42 Å². The van der Waals surface area contributed by atoms with E-state index in [2.05, 4.69) is 0 Å². The lowest BCUT2D eigenvalue weighted by molar-refractivity contribution is -0.137. The summed E-state index contributed by atoms with van der Waals surface area (Å²) in [6, 6.07) is 0. The topological polar surface area (TPSA) is 87.2 Å². The van der Waals surface area contributed by atoms with Gasteiger partial charge in [-0.1, -0.05) is 0 Å². The molecule has 0 saturated carbocycles. The lowest BCUT2D eigenvalue weighted by Crippen LogP contribution is -2.51. The summed E-state index contributed by atoms with van der Waals surface area (Å²) < 4.78 is 29.3. The highest BCUT2D eigenvalue weighted by Crippen LogP contribution is 2.21. The van der Waals surface area contributed by atoms with Crippen LogP contribution in [0.25, 0.3) is 0 Å². The third-order valence-electron chi connectivity index (χ3n) is 4.15. The Bertz CT molecular complexity index is 528. The molecule has 0 radical (unpaired) electrons. The van der Waals surface area contributed by atoms with Gasteiger partial charge >= 0.3 is 0 Å². The molecular formula is C13H23N3O5S. The Morgan fingerprint density at radius 3 is 2.45 bits per heavy atom. The fourth-order valence-corrected chi connectivity index (χ4v) is 3.68. The highest BCUT2D eigenvalue weighted by molar-refractivity contribution is 7.88. The molecule has 2 heterocycles. The Labute approximate surface area is 131 Å². The Morgan fingerprint density at radius 1 is 1.27 bits per heavy atom. The van der Waals surface area contributed by atoms with E-state index >= 15 is 0 Å². The Kier molecular flexibility index (Phi) is 5.41. The van der Waals surface area contributed by atoms with Gasteiger partial charge in [0.1, 0.15) is 0 Å². The molecule has 1 unspecified atom stereocenters. The van der Waals surface area contributed by atoms with Gasteiger partial charge < -0.3 is 14.5 Å². The van der Waals surface area contributed by atoms with Crippen LogP contribution in [0.5, 0.6) is 0 Å². The molecule has 2 aliphatic heterocycles. The number of piperazine rings is 1. The van der Waals surface area contributed by atoms with Crippen LogP contribution in [0, 0.1) is 5.92 Å². The molecule has 0 N–H and O–H groups in total. The van der Waals surface area contributed by atoms with Crippen LogP contribution in [0.2, 0.25) is 0 Å². The van der Waals surface area contributed by atoms with E-state index in [1.54, 1.807) is 16.9 Å². The SMILES string of the molecule is COCCN1CC(C(=O)N2CCN(S(C)(=O)=O)CC2)CC1=O. The van der Waals surface area contributed by atoms with Crippen LogP contribution in [0.1, 0.15) is 6.42 Å². The molecule has 2 rings (SSSR count). The Balaban J connectivity index is 1.87. The van der Waals surface area contributed by atoms with Gasteiger partial charge in [-0.15, -0.1) is 0 Å². The zero-order valence-electron chi connectivity index (χ0n) is 13.0. The van der Waals surface area contributed by atoms with E-state index in [-0.39, 0.29) is 24.2 Å². The standard InChI is InChI=1S/C13H23N3O5S/c1-21-8-7-15-10-11(9-12(15)17)13(18)14-3-5-16(6-4-14)22(2,19)20/h11H,3-10H2,1-2H3. The largest absolute Gasteiger partial charge is 0.383 e. The molecule has 2 fully saturated rings. The summed E-state index contributed by atoms with van der Waals surface area (Å²) in [6.07, 6.45) is 1.41. The van der Waals surface area contributed by atoms with Crippen molar-refractivity contribution in [2.75, 3.05) is 59.2 Å². The summed E-state index contributed by atoms with van der Waals surface area (Å²) in [4.78, 5) is 27.7. The average Bonchev–Trinajstić information content (AvgIpc) is 2.84. The van der Waals surface area contributed by atoms with Crippen molar-refractivity contribution < 1.29 is 22.7 Å². The third kappa shape index (κ3) is 3.96. The van der Waals surface area contributed by atoms with Gasteiger partial charge in [0.2, 0.25) is 21.8 Å². The maximum atomic E-state index is 12.5. The number of nitrogens with zero attached hydrogens (tertiary/aromatic N) is 3. The van der Waals surface area contributed by atoms with Gasteiger partial charge in [0.05, 0.1) is 18.8 Å². The molecule has 2 saturated heterocycles. The van der Waals surface area contributed by atoms with Gasteiger partial charge in [0, 0.05) is 52.8 Å². The molecular weight excluding hydrogens is 310 g/mol. The number of carbonyl (C=O) groups excluding carboxylic acids is 2. The highest BCUT2D eigenvalue weighted by atomic mass is 32.2. The van der Waals surface area contributed by atoms with Gasteiger partial charge in [0.25, 0.3) is 0 Å².